The Morgan fingerprint density at radius 3 is 2.92 bits per heavy atom. The highest BCUT2D eigenvalue weighted by Crippen LogP contribution is 2.07. The van der Waals surface area contributed by atoms with Gasteiger partial charge in [0.15, 0.2) is 0 Å². The van der Waals surface area contributed by atoms with Crippen LogP contribution in [0.5, 0.6) is 0 Å². The lowest BCUT2D eigenvalue weighted by atomic mass is 10.2. The minimum atomic E-state index is 0.385. The van der Waals surface area contributed by atoms with Gasteiger partial charge in [0.1, 0.15) is 0 Å². The third-order valence-electron chi connectivity index (χ3n) is 2.52. The molecule has 1 rings (SSSR count). The maximum atomic E-state index is 5.66. The average molecular weight is 186 g/mol. The molecule has 13 heavy (non-hydrogen) atoms. The van der Waals surface area contributed by atoms with Crippen LogP contribution < -0.4 is 5.32 Å². The van der Waals surface area contributed by atoms with Crippen molar-refractivity contribution in [3.8, 4) is 0 Å². The van der Waals surface area contributed by atoms with Crippen LogP contribution in [0.25, 0.3) is 0 Å². The fraction of sp³-hybridized carbons (Fsp3) is 1.00. The summed E-state index contributed by atoms with van der Waals surface area (Å²) in [5.41, 5.74) is 0. The van der Waals surface area contributed by atoms with Gasteiger partial charge < -0.3 is 10.1 Å². The van der Waals surface area contributed by atoms with Gasteiger partial charge in [-0.25, -0.2) is 0 Å². The van der Waals surface area contributed by atoms with Crippen LogP contribution in [0.2, 0.25) is 0 Å². The number of morpholine rings is 1. The van der Waals surface area contributed by atoms with Crippen LogP contribution in [0.4, 0.5) is 0 Å². The molecule has 0 aromatic rings. The molecule has 1 fully saturated rings. The van der Waals surface area contributed by atoms with E-state index in [1.807, 2.05) is 0 Å². The van der Waals surface area contributed by atoms with Gasteiger partial charge in [0.2, 0.25) is 0 Å². The topological polar surface area (TPSA) is 24.5 Å². The Kier molecular flexibility index (Phi) is 4.70. The van der Waals surface area contributed by atoms with Crippen LogP contribution in [-0.4, -0.2) is 49.8 Å². The first-order valence-corrected chi connectivity index (χ1v) is 5.30. The predicted octanol–water partition coefficient (Wildman–Crippen LogP) is 0.705. The summed E-state index contributed by atoms with van der Waals surface area (Å²) in [5, 5.41) is 3.33. The van der Waals surface area contributed by atoms with Crippen LogP contribution in [0.3, 0.4) is 0 Å². The monoisotopic (exact) mass is 186 g/mol. The van der Waals surface area contributed by atoms with Crippen LogP contribution >= 0.6 is 0 Å². The normalized spacial score (nSPS) is 25.4. The van der Waals surface area contributed by atoms with Crippen molar-refractivity contribution < 1.29 is 4.74 Å². The summed E-state index contributed by atoms with van der Waals surface area (Å²) < 4.78 is 5.66. The zero-order valence-electron chi connectivity index (χ0n) is 9.05. The van der Waals surface area contributed by atoms with Crippen molar-refractivity contribution in [2.45, 2.75) is 32.9 Å². The van der Waals surface area contributed by atoms with Crippen molar-refractivity contribution in [3.05, 3.63) is 0 Å². The summed E-state index contributed by atoms with van der Waals surface area (Å²) in [5.74, 6) is 0. The maximum absolute atomic E-state index is 5.66. The van der Waals surface area contributed by atoms with Crippen molar-refractivity contribution in [3.63, 3.8) is 0 Å². The molecule has 3 nitrogen and oxygen atoms in total. The van der Waals surface area contributed by atoms with Gasteiger partial charge in [-0.15, -0.1) is 0 Å². The summed E-state index contributed by atoms with van der Waals surface area (Å²) in [6, 6.07) is 0.646. The van der Waals surface area contributed by atoms with Gasteiger partial charge >= 0.3 is 0 Å². The highest BCUT2D eigenvalue weighted by molar-refractivity contribution is 4.75. The molecular weight excluding hydrogens is 164 g/mol. The standard InChI is InChI=1S/C10H22N2O/c1-4-11-7-10-8-12(9(2)3)5-6-13-10/h9-11H,4-8H2,1-3H3. The second-order valence-electron chi connectivity index (χ2n) is 3.89. The second kappa shape index (κ2) is 5.58. The van der Waals surface area contributed by atoms with E-state index in [0.29, 0.717) is 12.1 Å². The van der Waals surface area contributed by atoms with Crippen LogP contribution in [0, 0.1) is 0 Å². The maximum Gasteiger partial charge on any atom is 0.0826 e. The van der Waals surface area contributed by atoms with Gasteiger partial charge in [-0.05, 0) is 20.4 Å². The van der Waals surface area contributed by atoms with Crippen LogP contribution in [0.15, 0.2) is 0 Å². The predicted molar refractivity (Wildman–Crippen MR) is 55.0 cm³/mol. The van der Waals surface area contributed by atoms with E-state index < -0.39 is 0 Å². The van der Waals surface area contributed by atoms with E-state index in [4.69, 9.17) is 4.74 Å². The second-order valence-corrected chi connectivity index (χ2v) is 3.89. The molecule has 1 saturated heterocycles. The Labute approximate surface area is 81.4 Å². The fourth-order valence-corrected chi connectivity index (χ4v) is 1.64. The first-order chi connectivity index (χ1) is 6.24. The number of hydrogen-bond acceptors (Lipinski definition) is 3. The lowest BCUT2D eigenvalue weighted by Crippen LogP contribution is -2.49. The zero-order valence-corrected chi connectivity index (χ0v) is 9.05. The number of nitrogens with zero attached hydrogens (tertiary/aromatic N) is 1. The minimum Gasteiger partial charge on any atom is -0.374 e. The van der Waals surface area contributed by atoms with E-state index in [9.17, 15) is 0 Å². The van der Waals surface area contributed by atoms with Gasteiger partial charge in [0.05, 0.1) is 12.7 Å². The Bertz CT molecular complexity index is 139. The summed E-state index contributed by atoms with van der Waals surface area (Å²) in [4.78, 5) is 2.48. The van der Waals surface area contributed by atoms with Crippen molar-refractivity contribution in [1.29, 1.82) is 0 Å². The molecule has 0 aromatic carbocycles. The summed E-state index contributed by atoms with van der Waals surface area (Å²) >= 11 is 0. The van der Waals surface area contributed by atoms with Crippen LogP contribution in [0.1, 0.15) is 20.8 Å². The van der Waals surface area contributed by atoms with Gasteiger partial charge in [0, 0.05) is 25.7 Å². The molecule has 3 heteroatoms. The first kappa shape index (κ1) is 11.0. The fourth-order valence-electron chi connectivity index (χ4n) is 1.64. The lowest BCUT2D eigenvalue weighted by Gasteiger charge is -2.35. The molecule has 0 aliphatic carbocycles. The molecule has 1 heterocycles. The molecular formula is C10H22N2O. The molecule has 0 aromatic heterocycles. The van der Waals surface area contributed by atoms with E-state index in [0.717, 1.165) is 32.8 Å². The molecule has 1 aliphatic heterocycles. The van der Waals surface area contributed by atoms with Gasteiger partial charge in [0.25, 0.3) is 0 Å². The molecule has 78 valence electrons. The van der Waals surface area contributed by atoms with Crippen LogP contribution in [-0.2, 0) is 4.74 Å². The summed E-state index contributed by atoms with van der Waals surface area (Å²) in [6.45, 7) is 11.7. The quantitative estimate of drug-likeness (QED) is 0.699. The average Bonchev–Trinajstić information content (AvgIpc) is 2.15. The molecule has 1 unspecified atom stereocenters. The molecule has 0 spiro atoms. The minimum absolute atomic E-state index is 0.385. The molecule has 0 amide bonds. The van der Waals surface area contributed by atoms with E-state index in [-0.39, 0.29) is 0 Å². The van der Waals surface area contributed by atoms with Crippen molar-refractivity contribution in [2.75, 3.05) is 32.8 Å². The SMILES string of the molecule is CCNCC1CN(C(C)C)CCO1. The lowest BCUT2D eigenvalue weighted by molar-refractivity contribution is -0.0369. The summed E-state index contributed by atoms with van der Waals surface area (Å²) in [6.07, 6.45) is 0.385. The van der Waals surface area contributed by atoms with Crippen molar-refractivity contribution in [1.82, 2.24) is 10.2 Å². The molecule has 0 radical (unpaired) electrons. The molecule has 0 bridgehead atoms. The third kappa shape index (κ3) is 3.63. The molecule has 1 atom stereocenters. The number of likely N-dealkylation sites (N-methyl/N-ethyl adjacent to an activating group) is 1. The Hall–Kier alpha value is -0.120. The number of hydrogen-bond donors (Lipinski definition) is 1. The number of rotatable bonds is 4. The molecule has 1 N–H and O–H groups in total. The summed E-state index contributed by atoms with van der Waals surface area (Å²) in [7, 11) is 0. The first-order valence-electron chi connectivity index (χ1n) is 5.30. The number of ether oxygens (including phenoxy) is 1. The van der Waals surface area contributed by atoms with E-state index in [2.05, 4.69) is 31.0 Å². The van der Waals surface area contributed by atoms with Gasteiger partial charge in [-0.1, -0.05) is 6.92 Å². The van der Waals surface area contributed by atoms with Gasteiger partial charge in [-0.3, -0.25) is 4.90 Å². The Morgan fingerprint density at radius 2 is 2.31 bits per heavy atom. The van der Waals surface area contributed by atoms with E-state index in [1.165, 1.54) is 0 Å². The van der Waals surface area contributed by atoms with Crippen molar-refractivity contribution >= 4 is 0 Å². The van der Waals surface area contributed by atoms with E-state index in [1.54, 1.807) is 0 Å². The van der Waals surface area contributed by atoms with Gasteiger partial charge in [-0.2, -0.15) is 0 Å². The third-order valence-corrected chi connectivity index (χ3v) is 2.52. The Morgan fingerprint density at radius 1 is 1.54 bits per heavy atom. The highest BCUT2D eigenvalue weighted by Gasteiger charge is 2.21. The molecule has 1 aliphatic rings. The highest BCUT2D eigenvalue weighted by atomic mass is 16.5. The Balaban J connectivity index is 2.25. The van der Waals surface area contributed by atoms with E-state index >= 15 is 0 Å². The largest absolute Gasteiger partial charge is 0.374 e. The zero-order chi connectivity index (χ0) is 9.68. The number of nitrogens with one attached hydrogen (secondary N) is 1. The molecule has 0 saturated carbocycles. The van der Waals surface area contributed by atoms with Crippen molar-refractivity contribution in [2.24, 2.45) is 0 Å². The smallest absolute Gasteiger partial charge is 0.0826 e.